The number of nitrogens with two attached hydrogens (primary N) is 1. The molecule has 3 nitrogen and oxygen atoms in total. The van der Waals surface area contributed by atoms with Gasteiger partial charge in [0.05, 0.1) is 6.61 Å². The summed E-state index contributed by atoms with van der Waals surface area (Å²) in [5.74, 6) is 0.697. The number of rotatable bonds is 3. The lowest BCUT2D eigenvalue weighted by molar-refractivity contribution is 0.0646. The van der Waals surface area contributed by atoms with E-state index in [2.05, 4.69) is 25.8 Å². The number of hydrogen-bond donors (Lipinski definition) is 2. The van der Waals surface area contributed by atoms with Gasteiger partial charge in [0.15, 0.2) is 0 Å². The summed E-state index contributed by atoms with van der Waals surface area (Å²) in [5.41, 5.74) is 5.79. The molecule has 0 radical (unpaired) electrons. The average Bonchev–Trinajstić information content (AvgIpc) is 2.21. The largest absolute Gasteiger partial charge is 0.394 e. The van der Waals surface area contributed by atoms with Crippen molar-refractivity contribution in [1.82, 2.24) is 4.90 Å². The molecule has 1 aliphatic carbocycles. The zero-order valence-electron chi connectivity index (χ0n) is 9.66. The van der Waals surface area contributed by atoms with E-state index in [0.29, 0.717) is 12.0 Å². The molecule has 84 valence electrons. The summed E-state index contributed by atoms with van der Waals surface area (Å²) < 4.78 is 0. The molecule has 1 saturated carbocycles. The van der Waals surface area contributed by atoms with Crippen LogP contribution in [0.4, 0.5) is 0 Å². The Labute approximate surface area is 87.3 Å². The summed E-state index contributed by atoms with van der Waals surface area (Å²) in [5, 5.41) is 9.27. The normalized spacial score (nSPS) is 39.0. The van der Waals surface area contributed by atoms with E-state index in [1.54, 1.807) is 0 Å². The standard InChI is InChI=1S/C11H24N2O/c1-4-13(3)10-7-11(12,8-14)6-5-9(10)2/h9-10,14H,4-8,12H2,1-3H3. The molecule has 3 unspecified atom stereocenters. The van der Waals surface area contributed by atoms with Crippen molar-refractivity contribution in [2.75, 3.05) is 20.2 Å². The second kappa shape index (κ2) is 4.60. The van der Waals surface area contributed by atoms with Crippen molar-refractivity contribution < 1.29 is 5.11 Å². The first kappa shape index (κ1) is 12.0. The maximum Gasteiger partial charge on any atom is 0.0611 e. The van der Waals surface area contributed by atoms with Gasteiger partial charge in [-0.05, 0) is 38.8 Å². The first-order valence-corrected chi connectivity index (χ1v) is 5.62. The number of nitrogens with zero attached hydrogens (tertiary/aromatic N) is 1. The quantitative estimate of drug-likeness (QED) is 0.709. The lowest BCUT2D eigenvalue weighted by Gasteiger charge is -2.44. The zero-order chi connectivity index (χ0) is 10.8. The second-order valence-corrected chi connectivity index (χ2v) is 4.88. The molecule has 0 aromatic heterocycles. The highest BCUT2D eigenvalue weighted by atomic mass is 16.3. The molecule has 3 heteroatoms. The Morgan fingerprint density at radius 3 is 2.71 bits per heavy atom. The van der Waals surface area contributed by atoms with Crippen molar-refractivity contribution in [3.63, 3.8) is 0 Å². The number of aliphatic hydroxyl groups is 1. The molecular weight excluding hydrogens is 176 g/mol. The number of hydrogen-bond acceptors (Lipinski definition) is 3. The van der Waals surface area contributed by atoms with Crippen molar-refractivity contribution in [2.24, 2.45) is 11.7 Å². The fraction of sp³-hybridized carbons (Fsp3) is 1.00. The molecule has 0 aromatic carbocycles. The maximum atomic E-state index is 9.27. The molecule has 1 fully saturated rings. The van der Waals surface area contributed by atoms with Crippen LogP contribution >= 0.6 is 0 Å². The van der Waals surface area contributed by atoms with Gasteiger partial charge in [-0.15, -0.1) is 0 Å². The van der Waals surface area contributed by atoms with Gasteiger partial charge in [0.2, 0.25) is 0 Å². The van der Waals surface area contributed by atoms with Crippen molar-refractivity contribution >= 4 is 0 Å². The highest BCUT2D eigenvalue weighted by Gasteiger charge is 2.37. The van der Waals surface area contributed by atoms with E-state index in [4.69, 9.17) is 5.73 Å². The Bertz CT molecular complexity index is 182. The molecule has 3 atom stereocenters. The minimum atomic E-state index is -0.333. The van der Waals surface area contributed by atoms with Gasteiger partial charge in [0, 0.05) is 11.6 Å². The molecule has 1 rings (SSSR count). The van der Waals surface area contributed by atoms with E-state index in [9.17, 15) is 5.11 Å². The Kier molecular flexibility index (Phi) is 3.93. The third-order valence-corrected chi connectivity index (χ3v) is 3.75. The van der Waals surface area contributed by atoms with Gasteiger partial charge in [-0.3, -0.25) is 0 Å². The predicted molar refractivity (Wildman–Crippen MR) is 59.1 cm³/mol. The summed E-state index contributed by atoms with van der Waals surface area (Å²) in [4.78, 5) is 2.35. The highest BCUT2D eigenvalue weighted by molar-refractivity contribution is 4.95. The van der Waals surface area contributed by atoms with E-state index >= 15 is 0 Å². The third kappa shape index (κ3) is 2.47. The molecule has 0 bridgehead atoms. The summed E-state index contributed by atoms with van der Waals surface area (Å²) in [6, 6.07) is 0.533. The summed E-state index contributed by atoms with van der Waals surface area (Å²) in [6.45, 7) is 5.62. The van der Waals surface area contributed by atoms with Gasteiger partial charge in [-0.1, -0.05) is 13.8 Å². The number of aliphatic hydroxyl groups excluding tert-OH is 1. The topological polar surface area (TPSA) is 49.5 Å². The van der Waals surface area contributed by atoms with Crippen LogP contribution in [0, 0.1) is 5.92 Å². The first-order valence-electron chi connectivity index (χ1n) is 5.62. The summed E-state index contributed by atoms with van der Waals surface area (Å²) in [6.07, 6.45) is 3.01. The molecular formula is C11H24N2O. The van der Waals surface area contributed by atoms with Crippen molar-refractivity contribution in [2.45, 2.75) is 44.7 Å². The van der Waals surface area contributed by atoms with Gasteiger partial charge < -0.3 is 15.7 Å². The first-order chi connectivity index (χ1) is 6.52. The third-order valence-electron chi connectivity index (χ3n) is 3.75. The SMILES string of the molecule is CCN(C)C1CC(N)(CO)CCC1C. The smallest absolute Gasteiger partial charge is 0.0611 e. The van der Waals surface area contributed by atoms with E-state index < -0.39 is 0 Å². The molecule has 14 heavy (non-hydrogen) atoms. The predicted octanol–water partition coefficient (Wildman–Crippen LogP) is 0.817. The Morgan fingerprint density at radius 2 is 2.21 bits per heavy atom. The van der Waals surface area contributed by atoms with E-state index in [0.717, 1.165) is 25.8 Å². The zero-order valence-corrected chi connectivity index (χ0v) is 9.66. The highest BCUT2D eigenvalue weighted by Crippen LogP contribution is 2.32. The minimum Gasteiger partial charge on any atom is -0.394 e. The van der Waals surface area contributed by atoms with Gasteiger partial charge in [0.25, 0.3) is 0 Å². The van der Waals surface area contributed by atoms with E-state index in [1.165, 1.54) is 0 Å². The monoisotopic (exact) mass is 200 g/mol. The minimum absolute atomic E-state index is 0.119. The van der Waals surface area contributed by atoms with Crippen molar-refractivity contribution in [3.8, 4) is 0 Å². The molecule has 0 saturated heterocycles. The fourth-order valence-electron chi connectivity index (χ4n) is 2.40. The second-order valence-electron chi connectivity index (χ2n) is 4.88. The summed E-state index contributed by atoms with van der Waals surface area (Å²) in [7, 11) is 2.14. The van der Waals surface area contributed by atoms with Crippen LogP contribution in [0.3, 0.4) is 0 Å². The van der Waals surface area contributed by atoms with Crippen molar-refractivity contribution in [3.05, 3.63) is 0 Å². The van der Waals surface area contributed by atoms with Crippen LogP contribution in [-0.4, -0.2) is 41.8 Å². The molecule has 0 spiro atoms. The van der Waals surface area contributed by atoms with Crippen LogP contribution in [0.5, 0.6) is 0 Å². The maximum absolute atomic E-state index is 9.27. The van der Waals surface area contributed by atoms with Crippen LogP contribution in [0.2, 0.25) is 0 Å². The average molecular weight is 200 g/mol. The molecule has 0 heterocycles. The Hall–Kier alpha value is -0.120. The Morgan fingerprint density at radius 1 is 1.57 bits per heavy atom. The van der Waals surface area contributed by atoms with E-state index in [1.807, 2.05) is 0 Å². The van der Waals surface area contributed by atoms with Gasteiger partial charge in [-0.25, -0.2) is 0 Å². The van der Waals surface area contributed by atoms with Gasteiger partial charge >= 0.3 is 0 Å². The van der Waals surface area contributed by atoms with Crippen LogP contribution in [-0.2, 0) is 0 Å². The molecule has 1 aliphatic rings. The molecule has 3 N–H and O–H groups in total. The van der Waals surface area contributed by atoms with Crippen LogP contribution < -0.4 is 5.73 Å². The molecule has 0 amide bonds. The lowest BCUT2D eigenvalue weighted by atomic mass is 9.74. The van der Waals surface area contributed by atoms with Crippen LogP contribution in [0.15, 0.2) is 0 Å². The van der Waals surface area contributed by atoms with Gasteiger partial charge in [0.1, 0.15) is 0 Å². The lowest BCUT2D eigenvalue weighted by Crippen LogP contribution is -2.55. The molecule has 0 aromatic rings. The molecule has 0 aliphatic heterocycles. The fourth-order valence-corrected chi connectivity index (χ4v) is 2.40. The van der Waals surface area contributed by atoms with E-state index in [-0.39, 0.29) is 12.1 Å². The van der Waals surface area contributed by atoms with Crippen LogP contribution in [0.1, 0.15) is 33.1 Å². The summed E-state index contributed by atoms with van der Waals surface area (Å²) >= 11 is 0. The Balaban J connectivity index is 2.64. The van der Waals surface area contributed by atoms with Gasteiger partial charge in [-0.2, -0.15) is 0 Å². The van der Waals surface area contributed by atoms with Crippen molar-refractivity contribution in [1.29, 1.82) is 0 Å². The van der Waals surface area contributed by atoms with Crippen LogP contribution in [0.25, 0.3) is 0 Å².